The zero-order chi connectivity index (χ0) is 10.8. The summed E-state index contributed by atoms with van der Waals surface area (Å²) < 4.78 is 3.67. The van der Waals surface area contributed by atoms with Gasteiger partial charge in [-0.3, -0.25) is 0 Å². The van der Waals surface area contributed by atoms with E-state index in [0.717, 1.165) is 18.2 Å². The summed E-state index contributed by atoms with van der Waals surface area (Å²) in [6, 6.07) is 0. The fraction of sp³-hybridized carbons (Fsp3) is 0.500. The molecule has 2 aromatic heterocycles. The van der Waals surface area contributed by atoms with Crippen LogP contribution in [0.5, 0.6) is 0 Å². The normalized spacial score (nSPS) is 10.8. The average molecular weight is 207 g/mol. The van der Waals surface area contributed by atoms with Crippen LogP contribution < -0.4 is 5.73 Å². The largest absolute Gasteiger partial charge is 0.381 e. The van der Waals surface area contributed by atoms with Gasteiger partial charge in [0.05, 0.1) is 6.20 Å². The molecular weight excluding hydrogens is 194 g/mol. The van der Waals surface area contributed by atoms with Crippen molar-refractivity contribution in [2.75, 3.05) is 5.73 Å². The Balaban J connectivity index is 2.24. The molecule has 15 heavy (non-hydrogen) atoms. The summed E-state index contributed by atoms with van der Waals surface area (Å²) in [6.45, 7) is 5.36. The SMILES string of the molecule is CCn1c(C)nnc1Cn1cc(N)nn1. The minimum atomic E-state index is 0.411. The maximum Gasteiger partial charge on any atom is 0.165 e. The first-order chi connectivity index (χ1) is 7.20. The molecule has 0 fully saturated rings. The zero-order valence-electron chi connectivity index (χ0n) is 8.75. The summed E-state index contributed by atoms with van der Waals surface area (Å²) in [7, 11) is 0. The third-order valence-corrected chi connectivity index (χ3v) is 2.19. The van der Waals surface area contributed by atoms with Crippen molar-refractivity contribution < 1.29 is 0 Å². The first-order valence-corrected chi connectivity index (χ1v) is 4.75. The van der Waals surface area contributed by atoms with E-state index >= 15 is 0 Å². The number of hydrogen-bond donors (Lipinski definition) is 1. The lowest BCUT2D eigenvalue weighted by molar-refractivity contribution is 0.583. The van der Waals surface area contributed by atoms with Crippen LogP contribution in [0.25, 0.3) is 0 Å². The zero-order valence-corrected chi connectivity index (χ0v) is 8.75. The molecule has 2 N–H and O–H groups in total. The van der Waals surface area contributed by atoms with Gasteiger partial charge in [0, 0.05) is 6.54 Å². The van der Waals surface area contributed by atoms with E-state index in [1.165, 1.54) is 0 Å². The second kappa shape index (κ2) is 3.68. The van der Waals surface area contributed by atoms with E-state index in [-0.39, 0.29) is 0 Å². The van der Waals surface area contributed by atoms with Crippen LogP contribution >= 0.6 is 0 Å². The highest BCUT2D eigenvalue weighted by molar-refractivity contribution is 5.20. The second-order valence-corrected chi connectivity index (χ2v) is 3.25. The van der Waals surface area contributed by atoms with E-state index in [1.807, 2.05) is 11.5 Å². The summed E-state index contributed by atoms with van der Waals surface area (Å²) in [4.78, 5) is 0. The number of aromatic nitrogens is 6. The topological polar surface area (TPSA) is 87.4 Å². The molecule has 0 amide bonds. The maximum atomic E-state index is 5.47. The van der Waals surface area contributed by atoms with Crippen molar-refractivity contribution in [3.63, 3.8) is 0 Å². The molecule has 0 saturated heterocycles. The van der Waals surface area contributed by atoms with E-state index < -0.39 is 0 Å². The van der Waals surface area contributed by atoms with Gasteiger partial charge in [0.25, 0.3) is 0 Å². The lowest BCUT2D eigenvalue weighted by Crippen LogP contribution is -2.09. The average Bonchev–Trinajstić information content (AvgIpc) is 2.75. The molecule has 0 aliphatic heterocycles. The fourth-order valence-electron chi connectivity index (χ4n) is 1.49. The molecule has 0 atom stereocenters. The van der Waals surface area contributed by atoms with Crippen molar-refractivity contribution in [1.29, 1.82) is 0 Å². The van der Waals surface area contributed by atoms with Gasteiger partial charge in [-0.15, -0.1) is 15.3 Å². The quantitative estimate of drug-likeness (QED) is 0.754. The van der Waals surface area contributed by atoms with Crippen molar-refractivity contribution in [2.45, 2.75) is 26.9 Å². The van der Waals surface area contributed by atoms with Crippen LogP contribution in [0.15, 0.2) is 6.20 Å². The van der Waals surface area contributed by atoms with Gasteiger partial charge < -0.3 is 10.3 Å². The van der Waals surface area contributed by atoms with Crippen LogP contribution in [-0.4, -0.2) is 29.8 Å². The number of nitrogens with zero attached hydrogens (tertiary/aromatic N) is 6. The number of aryl methyl sites for hydroxylation is 1. The van der Waals surface area contributed by atoms with Crippen LogP contribution in [0, 0.1) is 6.92 Å². The van der Waals surface area contributed by atoms with Gasteiger partial charge in [0.15, 0.2) is 11.6 Å². The number of hydrogen-bond acceptors (Lipinski definition) is 5. The monoisotopic (exact) mass is 207 g/mol. The summed E-state index contributed by atoms with van der Waals surface area (Å²) in [6.07, 6.45) is 1.67. The van der Waals surface area contributed by atoms with Gasteiger partial charge in [-0.05, 0) is 13.8 Å². The molecule has 0 unspecified atom stereocenters. The first kappa shape index (κ1) is 9.63. The molecule has 7 heteroatoms. The van der Waals surface area contributed by atoms with Crippen LogP contribution in [0.1, 0.15) is 18.6 Å². The number of nitrogens with two attached hydrogens (primary N) is 1. The van der Waals surface area contributed by atoms with Crippen molar-refractivity contribution in [3.8, 4) is 0 Å². The predicted octanol–water partition coefficient (Wildman–Crippen LogP) is -0.172. The highest BCUT2D eigenvalue weighted by atomic mass is 15.4. The molecule has 0 spiro atoms. The third-order valence-electron chi connectivity index (χ3n) is 2.19. The Bertz CT molecular complexity index is 455. The van der Waals surface area contributed by atoms with Gasteiger partial charge in [-0.2, -0.15) is 0 Å². The lowest BCUT2D eigenvalue weighted by atomic mass is 10.5. The molecular formula is C8H13N7. The van der Waals surface area contributed by atoms with Crippen molar-refractivity contribution in [1.82, 2.24) is 29.8 Å². The van der Waals surface area contributed by atoms with Crippen LogP contribution in [-0.2, 0) is 13.1 Å². The number of anilines is 1. The minimum Gasteiger partial charge on any atom is -0.381 e. The van der Waals surface area contributed by atoms with Gasteiger partial charge in [-0.25, -0.2) is 4.68 Å². The Morgan fingerprint density at radius 1 is 1.33 bits per heavy atom. The Kier molecular flexibility index (Phi) is 2.36. The number of nitrogen functional groups attached to an aromatic ring is 1. The molecule has 0 saturated carbocycles. The summed E-state index contributed by atoms with van der Waals surface area (Å²) >= 11 is 0. The standard InChI is InChI=1S/C8H13N7/c1-3-15-6(2)10-12-8(15)5-14-4-7(9)11-13-14/h4H,3,5,9H2,1-2H3. The third kappa shape index (κ3) is 1.80. The highest BCUT2D eigenvalue weighted by Gasteiger charge is 2.08. The first-order valence-electron chi connectivity index (χ1n) is 4.75. The summed E-state index contributed by atoms with van der Waals surface area (Å²) in [5.74, 6) is 2.18. The summed E-state index contributed by atoms with van der Waals surface area (Å²) in [5.41, 5.74) is 5.47. The molecule has 0 aromatic carbocycles. The van der Waals surface area contributed by atoms with E-state index in [0.29, 0.717) is 12.4 Å². The van der Waals surface area contributed by atoms with Crippen molar-refractivity contribution in [3.05, 3.63) is 17.8 Å². The minimum absolute atomic E-state index is 0.411. The molecule has 80 valence electrons. The second-order valence-electron chi connectivity index (χ2n) is 3.25. The van der Waals surface area contributed by atoms with Gasteiger partial charge >= 0.3 is 0 Å². The maximum absolute atomic E-state index is 5.47. The smallest absolute Gasteiger partial charge is 0.165 e. The molecule has 0 aliphatic rings. The molecule has 2 heterocycles. The van der Waals surface area contributed by atoms with Crippen LogP contribution in [0.3, 0.4) is 0 Å². The van der Waals surface area contributed by atoms with Crippen LogP contribution in [0.4, 0.5) is 5.82 Å². The Hall–Kier alpha value is -1.92. The summed E-state index contributed by atoms with van der Waals surface area (Å²) in [5, 5.41) is 15.6. The molecule has 0 radical (unpaired) electrons. The molecule has 0 aliphatic carbocycles. The van der Waals surface area contributed by atoms with Crippen LogP contribution in [0.2, 0.25) is 0 Å². The lowest BCUT2D eigenvalue weighted by Gasteiger charge is -2.04. The highest BCUT2D eigenvalue weighted by Crippen LogP contribution is 2.03. The van der Waals surface area contributed by atoms with E-state index in [2.05, 4.69) is 27.4 Å². The molecule has 2 rings (SSSR count). The molecule has 7 nitrogen and oxygen atoms in total. The van der Waals surface area contributed by atoms with E-state index in [1.54, 1.807) is 10.9 Å². The van der Waals surface area contributed by atoms with Gasteiger partial charge in [-0.1, -0.05) is 5.21 Å². The van der Waals surface area contributed by atoms with Gasteiger partial charge in [0.2, 0.25) is 0 Å². The fourth-order valence-corrected chi connectivity index (χ4v) is 1.49. The van der Waals surface area contributed by atoms with Crippen molar-refractivity contribution in [2.24, 2.45) is 0 Å². The molecule has 0 bridgehead atoms. The van der Waals surface area contributed by atoms with E-state index in [9.17, 15) is 0 Å². The van der Waals surface area contributed by atoms with E-state index in [4.69, 9.17) is 5.73 Å². The Labute approximate surface area is 86.9 Å². The predicted molar refractivity (Wildman–Crippen MR) is 54.0 cm³/mol. The molecule has 2 aromatic rings. The van der Waals surface area contributed by atoms with Crippen molar-refractivity contribution >= 4 is 5.82 Å². The van der Waals surface area contributed by atoms with Gasteiger partial charge in [0.1, 0.15) is 12.4 Å². The number of rotatable bonds is 3. The Morgan fingerprint density at radius 3 is 2.73 bits per heavy atom. The Morgan fingerprint density at radius 2 is 2.13 bits per heavy atom.